The highest BCUT2D eigenvalue weighted by molar-refractivity contribution is 5.78. The first-order valence-electron chi connectivity index (χ1n) is 11.4. The summed E-state index contributed by atoms with van der Waals surface area (Å²) in [5.74, 6) is 0.962. The van der Waals surface area contributed by atoms with Gasteiger partial charge in [0.15, 0.2) is 0 Å². The lowest BCUT2D eigenvalue weighted by Gasteiger charge is -2.26. The van der Waals surface area contributed by atoms with E-state index in [9.17, 15) is 4.79 Å². The van der Waals surface area contributed by atoms with Crippen molar-refractivity contribution in [1.29, 1.82) is 0 Å². The van der Waals surface area contributed by atoms with Crippen LogP contribution in [0.3, 0.4) is 0 Å². The minimum Gasteiger partial charge on any atom is -0.497 e. The third kappa shape index (κ3) is 4.11. The van der Waals surface area contributed by atoms with Crippen LogP contribution in [0.1, 0.15) is 42.6 Å². The third-order valence-corrected chi connectivity index (χ3v) is 6.65. The van der Waals surface area contributed by atoms with E-state index < -0.39 is 0 Å². The Morgan fingerprint density at radius 3 is 2.82 bits per heavy atom. The predicted octanol–water partition coefficient (Wildman–Crippen LogP) is 4.45. The molecule has 1 atom stereocenters. The molecule has 0 fully saturated rings. The maximum atomic E-state index is 11.7. The monoisotopic (exact) mass is 443 g/mol. The number of nitrogens with zero attached hydrogens (tertiary/aromatic N) is 4. The fraction of sp³-hybridized carbons (Fsp3) is 0.346. The van der Waals surface area contributed by atoms with Crippen LogP contribution in [0.15, 0.2) is 48.5 Å². The van der Waals surface area contributed by atoms with Crippen LogP contribution in [-0.2, 0) is 11.3 Å². The summed E-state index contributed by atoms with van der Waals surface area (Å²) in [7, 11) is 1.69. The summed E-state index contributed by atoms with van der Waals surface area (Å²) >= 11 is 0. The van der Waals surface area contributed by atoms with E-state index in [1.165, 1.54) is 22.3 Å². The maximum absolute atomic E-state index is 11.7. The quantitative estimate of drug-likeness (QED) is 0.645. The summed E-state index contributed by atoms with van der Waals surface area (Å²) < 4.78 is 7.44. The van der Waals surface area contributed by atoms with Crippen molar-refractivity contribution in [2.45, 2.75) is 39.3 Å². The van der Waals surface area contributed by atoms with Gasteiger partial charge in [-0.25, -0.2) is 4.68 Å². The molecule has 1 amide bonds. The number of anilines is 1. The standard InChI is InChI=1S/C26H29N5O2/c1-17-26-23-8-7-20(19-9-12-30(13-10-19)18(2)32)15-24(23)25(11-14-31(26)29-28-17)27-21-5-4-6-22(16-21)33-3/h4-9,15-16,25,27H,10-14H2,1-3H3. The first kappa shape index (κ1) is 21.2. The van der Waals surface area contributed by atoms with Crippen LogP contribution in [-0.4, -0.2) is 46.0 Å². The lowest BCUT2D eigenvalue weighted by Crippen LogP contribution is -2.32. The fourth-order valence-electron chi connectivity index (χ4n) is 4.84. The Labute approximate surface area is 194 Å². The molecule has 0 bridgehead atoms. The number of fused-ring (bicyclic) bond motifs is 3. The average Bonchev–Trinajstić information content (AvgIpc) is 3.13. The Hall–Kier alpha value is -3.61. The SMILES string of the molecule is COc1cccc(NC2CCn3nnc(C)c3-c3ccc(C4=CCN(C(C)=O)CC4)cc32)c1. The second-order valence-corrected chi connectivity index (χ2v) is 8.71. The highest BCUT2D eigenvalue weighted by Crippen LogP contribution is 2.39. The molecule has 1 unspecified atom stereocenters. The lowest BCUT2D eigenvalue weighted by atomic mass is 9.90. The topological polar surface area (TPSA) is 72.3 Å². The molecule has 0 aliphatic carbocycles. The smallest absolute Gasteiger partial charge is 0.219 e. The molecule has 7 nitrogen and oxygen atoms in total. The summed E-state index contributed by atoms with van der Waals surface area (Å²) in [6.07, 6.45) is 3.94. The van der Waals surface area contributed by atoms with Crippen LogP contribution in [0.5, 0.6) is 5.75 Å². The summed E-state index contributed by atoms with van der Waals surface area (Å²) in [6, 6.07) is 14.9. The number of amides is 1. The van der Waals surface area contributed by atoms with Gasteiger partial charge >= 0.3 is 0 Å². The molecule has 0 radical (unpaired) electrons. The number of carbonyl (C=O) groups excluding carboxylic acids is 1. The fourth-order valence-corrected chi connectivity index (χ4v) is 4.84. The molecule has 1 N–H and O–H groups in total. The van der Waals surface area contributed by atoms with E-state index in [1.54, 1.807) is 14.0 Å². The normalized spacial score (nSPS) is 17.5. The highest BCUT2D eigenvalue weighted by Gasteiger charge is 2.26. The van der Waals surface area contributed by atoms with Gasteiger partial charge in [-0.3, -0.25) is 4.79 Å². The van der Waals surface area contributed by atoms with Gasteiger partial charge in [0.2, 0.25) is 5.91 Å². The lowest BCUT2D eigenvalue weighted by molar-refractivity contribution is -0.128. The second-order valence-electron chi connectivity index (χ2n) is 8.71. The van der Waals surface area contributed by atoms with Crippen molar-refractivity contribution < 1.29 is 9.53 Å². The van der Waals surface area contributed by atoms with Crippen molar-refractivity contribution in [3.8, 4) is 17.0 Å². The van der Waals surface area contributed by atoms with E-state index in [1.807, 2.05) is 34.7 Å². The van der Waals surface area contributed by atoms with Crippen molar-refractivity contribution in [2.75, 3.05) is 25.5 Å². The second kappa shape index (κ2) is 8.73. The summed E-state index contributed by atoms with van der Waals surface area (Å²) in [5, 5.41) is 12.5. The molecule has 2 aliphatic rings. The molecular weight excluding hydrogens is 414 g/mol. The van der Waals surface area contributed by atoms with Crippen molar-refractivity contribution in [3.05, 3.63) is 65.4 Å². The number of benzene rings is 2. The van der Waals surface area contributed by atoms with Crippen molar-refractivity contribution in [2.24, 2.45) is 0 Å². The van der Waals surface area contributed by atoms with Crippen molar-refractivity contribution in [1.82, 2.24) is 19.9 Å². The highest BCUT2D eigenvalue weighted by atomic mass is 16.5. The minimum atomic E-state index is 0.117. The maximum Gasteiger partial charge on any atom is 0.219 e. The number of ether oxygens (including phenoxy) is 1. The van der Waals surface area contributed by atoms with Gasteiger partial charge in [0.05, 0.1) is 24.5 Å². The number of nitrogens with one attached hydrogen (secondary N) is 1. The van der Waals surface area contributed by atoms with Gasteiger partial charge in [-0.1, -0.05) is 29.5 Å². The molecule has 3 aromatic rings. The van der Waals surface area contributed by atoms with Crippen LogP contribution < -0.4 is 10.1 Å². The van der Waals surface area contributed by atoms with Crippen LogP contribution in [0, 0.1) is 6.92 Å². The van der Waals surface area contributed by atoms with Gasteiger partial charge in [0, 0.05) is 43.9 Å². The molecule has 7 heteroatoms. The van der Waals surface area contributed by atoms with Crippen molar-refractivity contribution in [3.63, 3.8) is 0 Å². The molecule has 0 saturated heterocycles. The Morgan fingerprint density at radius 2 is 2.06 bits per heavy atom. The molecule has 2 aliphatic heterocycles. The molecule has 1 aromatic heterocycles. The number of hydrogen-bond acceptors (Lipinski definition) is 5. The first-order valence-corrected chi connectivity index (χ1v) is 11.4. The van der Waals surface area contributed by atoms with Gasteiger partial charge < -0.3 is 15.0 Å². The number of rotatable bonds is 4. The van der Waals surface area contributed by atoms with Crippen LogP contribution in [0.4, 0.5) is 5.69 Å². The Morgan fingerprint density at radius 1 is 1.18 bits per heavy atom. The average molecular weight is 444 g/mol. The molecule has 2 aromatic carbocycles. The van der Waals surface area contributed by atoms with E-state index in [0.29, 0.717) is 6.54 Å². The number of carbonyl (C=O) groups is 1. The molecular formula is C26H29N5O2. The largest absolute Gasteiger partial charge is 0.497 e. The van der Waals surface area contributed by atoms with Gasteiger partial charge in [-0.15, -0.1) is 5.10 Å². The zero-order valence-corrected chi connectivity index (χ0v) is 19.3. The van der Waals surface area contributed by atoms with Gasteiger partial charge in [-0.05, 0) is 54.7 Å². The van der Waals surface area contributed by atoms with E-state index in [4.69, 9.17) is 4.74 Å². The Balaban J connectivity index is 1.54. The summed E-state index contributed by atoms with van der Waals surface area (Å²) in [5.41, 5.74) is 7.98. The van der Waals surface area contributed by atoms with E-state index in [0.717, 1.165) is 48.8 Å². The van der Waals surface area contributed by atoms with E-state index in [-0.39, 0.29) is 11.9 Å². The van der Waals surface area contributed by atoms with E-state index >= 15 is 0 Å². The summed E-state index contributed by atoms with van der Waals surface area (Å²) in [4.78, 5) is 13.6. The first-order chi connectivity index (χ1) is 16.0. The predicted molar refractivity (Wildman–Crippen MR) is 129 cm³/mol. The third-order valence-electron chi connectivity index (χ3n) is 6.65. The Kier molecular flexibility index (Phi) is 5.62. The van der Waals surface area contributed by atoms with E-state index in [2.05, 4.69) is 46.0 Å². The molecule has 170 valence electrons. The Bertz CT molecular complexity index is 1230. The van der Waals surface area contributed by atoms with Crippen LogP contribution in [0.25, 0.3) is 16.8 Å². The summed E-state index contributed by atoms with van der Waals surface area (Å²) in [6.45, 7) is 5.88. The van der Waals surface area contributed by atoms with Crippen LogP contribution >= 0.6 is 0 Å². The zero-order valence-electron chi connectivity index (χ0n) is 19.3. The number of methoxy groups -OCH3 is 1. The van der Waals surface area contributed by atoms with Gasteiger partial charge in [-0.2, -0.15) is 0 Å². The van der Waals surface area contributed by atoms with Gasteiger partial charge in [0.25, 0.3) is 0 Å². The number of aryl methyl sites for hydroxylation is 2. The van der Waals surface area contributed by atoms with Crippen molar-refractivity contribution >= 4 is 17.2 Å². The molecule has 0 spiro atoms. The molecule has 5 rings (SSSR count). The zero-order chi connectivity index (χ0) is 22.9. The molecule has 3 heterocycles. The number of hydrogen-bond donors (Lipinski definition) is 1. The van der Waals surface area contributed by atoms with Crippen LogP contribution in [0.2, 0.25) is 0 Å². The minimum absolute atomic E-state index is 0.117. The number of aromatic nitrogens is 3. The molecule has 0 saturated carbocycles. The van der Waals surface area contributed by atoms with Gasteiger partial charge in [0.1, 0.15) is 5.75 Å². The molecule has 33 heavy (non-hydrogen) atoms.